The first-order chi connectivity index (χ1) is 8.59. The second-order valence-corrected chi connectivity index (χ2v) is 4.58. The molecule has 0 saturated heterocycles. The molecule has 0 aliphatic carbocycles. The van der Waals surface area contributed by atoms with Crippen LogP contribution in [-0.2, 0) is 0 Å². The van der Waals surface area contributed by atoms with Crippen LogP contribution in [0, 0.1) is 0 Å². The van der Waals surface area contributed by atoms with Gasteiger partial charge in [0.25, 0.3) is 0 Å². The summed E-state index contributed by atoms with van der Waals surface area (Å²) in [5.74, 6) is 1.51. The highest BCUT2D eigenvalue weighted by atomic mass is 32.1. The van der Waals surface area contributed by atoms with Crippen molar-refractivity contribution < 1.29 is 0 Å². The number of aromatic nitrogens is 3. The molecule has 2 heterocycles. The van der Waals surface area contributed by atoms with Crippen LogP contribution in [0.25, 0.3) is 0 Å². The molecule has 2 rings (SSSR count). The molecule has 0 aliphatic heterocycles. The number of anilines is 2. The largest absolute Gasteiger partial charge is 0.389 e. The maximum absolute atomic E-state index is 5.67. The Balaban J connectivity index is 2.34. The minimum Gasteiger partial charge on any atom is -0.389 e. The van der Waals surface area contributed by atoms with E-state index in [1.807, 2.05) is 16.8 Å². The number of thiocarbonyl (C=S) groups is 1. The summed E-state index contributed by atoms with van der Waals surface area (Å²) in [6.45, 7) is 4.12. The summed E-state index contributed by atoms with van der Waals surface area (Å²) in [7, 11) is 0. The Kier molecular flexibility index (Phi) is 3.57. The number of nitrogens with zero attached hydrogens (tertiary/aromatic N) is 3. The van der Waals surface area contributed by atoms with E-state index in [0.717, 1.165) is 11.4 Å². The zero-order valence-corrected chi connectivity index (χ0v) is 11.1. The summed E-state index contributed by atoms with van der Waals surface area (Å²) in [4.78, 5) is 4.58. The first-order valence-electron chi connectivity index (χ1n) is 5.65. The molecule has 18 heavy (non-hydrogen) atoms. The third-order valence-corrected chi connectivity index (χ3v) is 2.70. The normalized spacial score (nSPS) is 10.6. The van der Waals surface area contributed by atoms with Gasteiger partial charge in [-0.25, -0.2) is 9.67 Å². The highest BCUT2D eigenvalue weighted by molar-refractivity contribution is 7.80. The van der Waals surface area contributed by atoms with E-state index in [2.05, 4.69) is 29.2 Å². The summed E-state index contributed by atoms with van der Waals surface area (Å²) in [6.07, 6.45) is 3.44. The van der Waals surface area contributed by atoms with Gasteiger partial charge in [0, 0.05) is 18.3 Å². The van der Waals surface area contributed by atoms with Crippen LogP contribution in [0.1, 0.15) is 25.5 Å². The fourth-order valence-corrected chi connectivity index (χ4v) is 1.81. The zero-order valence-electron chi connectivity index (χ0n) is 10.3. The molecule has 0 aliphatic rings. The van der Waals surface area contributed by atoms with Crippen molar-refractivity contribution in [3.8, 4) is 0 Å². The summed E-state index contributed by atoms with van der Waals surface area (Å²) in [5, 5.41) is 7.45. The Morgan fingerprint density at radius 1 is 1.39 bits per heavy atom. The first kappa shape index (κ1) is 12.5. The summed E-state index contributed by atoms with van der Waals surface area (Å²) >= 11 is 5.00. The van der Waals surface area contributed by atoms with Crippen molar-refractivity contribution in [3.05, 3.63) is 36.2 Å². The number of hydrogen-bond acceptors (Lipinski definition) is 4. The van der Waals surface area contributed by atoms with Crippen LogP contribution in [0.15, 0.2) is 30.6 Å². The first-order valence-corrected chi connectivity index (χ1v) is 6.05. The van der Waals surface area contributed by atoms with Crippen LogP contribution >= 0.6 is 12.2 Å². The lowest BCUT2D eigenvalue weighted by Crippen LogP contribution is -2.14. The molecule has 0 fully saturated rings. The molecule has 0 aromatic carbocycles. The van der Waals surface area contributed by atoms with Gasteiger partial charge >= 0.3 is 0 Å². The minimum absolute atomic E-state index is 0.263. The van der Waals surface area contributed by atoms with Gasteiger partial charge in [0.1, 0.15) is 16.6 Å². The number of nitrogens with two attached hydrogens (primary N) is 1. The topological polar surface area (TPSA) is 68.8 Å². The molecule has 0 amide bonds. The molecule has 0 atom stereocenters. The van der Waals surface area contributed by atoms with Crippen LogP contribution in [0.4, 0.5) is 11.6 Å². The monoisotopic (exact) mass is 261 g/mol. The average Bonchev–Trinajstić information content (AvgIpc) is 2.77. The highest BCUT2D eigenvalue weighted by Crippen LogP contribution is 2.20. The van der Waals surface area contributed by atoms with Crippen LogP contribution in [0.3, 0.4) is 0 Å². The van der Waals surface area contributed by atoms with E-state index in [9.17, 15) is 0 Å². The van der Waals surface area contributed by atoms with Gasteiger partial charge in [0.2, 0.25) is 0 Å². The van der Waals surface area contributed by atoms with Crippen molar-refractivity contribution in [2.45, 2.75) is 19.9 Å². The van der Waals surface area contributed by atoms with E-state index < -0.39 is 0 Å². The molecule has 5 nitrogen and oxygen atoms in total. The fraction of sp³-hybridized carbons (Fsp3) is 0.250. The van der Waals surface area contributed by atoms with Gasteiger partial charge in [-0.1, -0.05) is 12.2 Å². The lowest BCUT2D eigenvalue weighted by Gasteiger charge is -2.13. The van der Waals surface area contributed by atoms with Crippen molar-refractivity contribution >= 4 is 28.8 Å². The highest BCUT2D eigenvalue weighted by Gasteiger charge is 2.10. The quantitative estimate of drug-likeness (QED) is 0.826. The maximum Gasteiger partial charge on any atom is 0.141 e. The SMILES string of the molecule is CC(C)n1nccc1Nc1ncccc1C(N)=S. The number of nitrogens with one attached hydrogen (secondary N) is 1. The fourth-order valence-electron chi connectivity index (χ4n) is 1.65. The summed E-state index contributed by atoms with van der Waals surface area (Å²) in [6, 6.07) is 5.80. The van der Waals surface area contributed by atoms with Crippen LogP contribution in [-0.4, -0.2) is 19.8 Å². The average molecular weight is 261 g/mol. The molecule has 94 valence electrons. The van der Waals surface area contributed by atoms with Crippen molar-refractivity contribution in [2.75, 3.05) is 5.32 Å². The molecular formula is C12H15N5S. The number of rotatable bonds is 4. The van der Waals surface area contributed by atoms with Crippen LogP contribution in [0.2, 0.25) is 0 Å². The molecule has 0 radical (unpaired) electrons. The lowest BCUT2D eigenvalue weighted by molar-refractivity contribution is 0.539. The van der Waals surface area contributed by atoms with E-state index in [-0.39, 0.29) is 6.04 Å². The lowest BCUT2D eigenvalue weighted by atomic mass is 10.2. The molecule has 0 spiro atoms. The van der Waals surface area contributed by atoms with Crippen molar-refractivity contribution in [1.82, 2.24) is 14.8 Å². The standard InChI is InChI=1S/C12H15N5S/c1-8(2)17-10(5-7-15-17)16-12-9(11(13)18)4-3-6-14-12/h3-8H,1-2H3,(H2,13,18)(H,14,16). The Hall–Kier alpha value is -1.95. The van der Waals surface area contributed by atoms with Gasteiger partial charge in [-0.05, 0) is 26.0 Å². The van der Waals surface area contributed by atoms with E-state index in [1.165, 1.54) is 0 Å². The molecule has 0 bridgehead atoms. The third kappa shape index (κ3) is 2.48. The zero-order chi connectivity index (χ0) is 13.1. The molecule has 2 aromatic rings. The minimum atomic E-state index is 0.263. The molecule has 6 heteroatoms. The van der Waals surface area contributed by atoms with Crippen LogP contribution in [0.5, 0.6) is 0 Å². The Morgan fingerprint density at radius 2 is 2.17 bits per heavy atom. The van der Waals surface area contributed by atoms with Crippen molar-refractivity contribution in [3.63, 3.8) is 0 Å². The Bertz CT molecular complexity index is 561. The Morgan fingerprint density at radius 3 is 2.83 bits per heavy atom. The van der Waals surface area contributed by atoms with E-state index in [4.69, 9.17) is 18.0 Å². The van der Waals surface area contributed by atoms with Crippen molar-refractivity contribution in [1.29, 1.82) is 0 Å². The predicted molar refractivity (Wildman–Crippen MR) is 76.0 cm³/mol. The van der Waals surface area contributed by atoms with Gasteiger partial charge in [0.15, 0.2) is 0 Å². The Labute approximate surface area is 111 Å². The number of pyridine rings is 1. The van der Waals surface area contributed by atoms with Gasteiger partial charge in [-0.3, -0.25) is 0 Å². The molecule has 0 saturated carbocycles. The smallest absolute Gasteiger partial charge is 0.141 e. The number of hydrogen-bond donors (Lipinski definition) is 2. The van der Waals surface area contributed by atoms with Crippen LogP contribution < -0.4 is 11.1 Å². The van der Waals surface area contributed by atoms with E-state index >= 15 is 0 Å². The summed E-state index contributed by atoms with van der Waals surface area (Å²) < 4.78 is 1.87. The van der Waals surface area contributed by atoms with Gasteiger partial charge < -0.3 is 11.1 Å². The summed E-state index contributed by atoms with van der Waals surface area (Å²) in [5.41, 5.74) is 6.40. The van der Waals surface area contributed by atoms with Gasteiger partial charge in [-0.15, -0.1) is 0 Å². The molecule has 0 unspecified atom stereocenters. The second-order valence-electron chi connectivity index (χ2n) is 4.14. The predicted octanol–water partition coefficient (Wildman–Crippen LogP) is 2.24. The molecule has 3 N–H and O–H groups in total. The van der Waals surface area contributed by atoms with E-state index in [0.29, 0.717) is 10.8 Å². The maximum atomic E-state index is 5.67. The molecular weight excluding hydrogens is 246 g/mol. The van der Waals surface area contributed by atoms with Gasteiger partial charge in [-0.2, -0.15) is 5.10 Å². The molecule has 2 aromatic heterocycles. The van der Waals surface area contributed by atoms with Crippen molar-refractivity contribution in [2.24, 2.45) is 5.73 Å². The van der Waals surface area contributed by atoms with E-state index in [1.54, 1.807) is 18.5 Å². The third-order valence-electron chi connectivity index (χ3n) is 2.48. The second kappa shape index (κ2) is 5.14. The van der Waals surface area contributed by atoms with Gasteiger partial charge in [0.05, 0.1) is 11.8 Å².